The van der Waals surface area contributed by atoms with Crippen LogP contribution in [0.1, 0.15) is 39.5 Å². The molecule has 1 aliphatic rings. The highest BCUT2D eigenvalue weighted by Crippen LogP contribution is 2.18. The fraction of sp³-hybridized carbons (Fsp3) is 0.923. The minimum absolute atomic E-state index is 0.0691. The van der Waals surface area contributed by atoms with Crippen LogP contribution in [0.2, 0.25) is 0 Å². The predicted octanol–water partition coefficient (Wildman–Crippen LogP) is 1.06. The fourth-order valence-electron chi connectivity index (χ4n) is 2.67. The van der Waals surface area contributed by atoms with Gasteiger partial charge in [-0.3, -0.25) is 4.79 Å². The Morgan fingerprint density at radius 1 is 1.59 bits per heavy atom. The molecule has 2 unspecified atom stereocenters. The second-order valence-electron chi connectivity index (χ2n) is 5.63. The quantitative estimate of drug-likeness (QED) is 0.783. The number of amides is 1. The van der Waals surface area contributed by atoms with E-state index in [0.717, 1.165) is 25.9 Å². The lowest BCUT2D eigenvalue weighted by Crippen LogP contribution is -2.54. The van der Waals surface area contributed by atoms with Crippen LogP contribution in [0.25, 0.3) is 0 Å². The van der Waals surface area contributed by atoms with Gasteiger partial charge in [-0.15, -0.1) is 0 Å². The molecule has 1 heterocycles. The maximum absolute atomic E-state index is 12.2. The molecule has 1 rings (SSSR count). The molecule has 1 fully saturated rings. The summed E-state index contributed by atoms with van der Waals surface area (Å²) in [4.78, 5) is 16.4. The molecule has 4 nitrogen and oxygen atoms in total. The Morgan fingerprint density at radius 2 is 2.24 bits per heavy atom. The molecule has 0 radical (unpaired) electrons. The third kappa shape index (κ3) is 3.68. The van der Waals surface area contributed by atoms with Gasteiger partial charge in [-0.05, 0) is 39.8 Å². The van der Waals surface area contributed by atoms with Crippen molar-refractivity contribution in [3.05, 3.63) is 0 Å². The van der Waals surface area contributed by atoms with Crippen LogP contribution in [0.5, 0.6) is 0 Å². The fourth-order valence-corrected chi connectivity index (χ4v) is 2.67. The van der Waals surface area contributed by atoms with Gasteiger partial charge in [0.1, 0.15) is 0 Å². The highest BCUT2D eigenvalue weighted by Gasteiger charge is 2.32. The molecule has 0 aromatic carbocycles. The van der Waals surface area contributed by atoms with Crippen LogP contribution in [0.15, 0.2) is 0 Å². The zero-order valence-electron chi connectivity index (χ0n) is 11.7. The summed E-state index contributed by atoms with van der Waals surface area (Å²) in [7, 11) is 4.00. The number of likely N-dealkylation sites (tertiary alicyclic amines) is 1. The summed E-state index contributed by atoms with van der Waals surface area (Å²) in [5.74, 6) is 0.0691. The summed E-state index contributed by atoms with van der Waals surface area (Å²) < 4.78 is 0. The van der Waals surface area contributed by atoms with E-state index >= 15 is 0 Å². The van der Waals surface area contributed by atoms with E-state index in [2.05, 4.69) is 18.9 Å². The lowest BCUT2D eigenvalue weighted by molar-refractivity contribution is -0.135. The first-order valence-electron chi connectivity index (χ1n) is 6.63. The zero-order chi connectivity index (χ0) is 13.1. The lowest BCUT2D eigenvalue weighted by Gasteiger charge is -2.32. The summed E-state index contributed by atoms with van der Waals surface area (Å²) in [5, 5.41) is 0. The normalized spacial score (nSPS) is 24.6. The van der Waals surface area contributed by atoms with Gasteiger partial charge in [-0.2, -0.15) is 0 Å². The van der Waals surface area contributed by atoms with Crippen LogP contribution in [0, 0.1) is 0 Å². The standard InChI is InChI=1S/C13H27N3O/c1-5-8-13(2,14)12(17)16(4)10-11-7-6-9-15(11)3/h11H,5-10,14H2,1-4H3. The molecule has 0 spiro atoms. The number of rotatable bonds is 5. The van der Waals surface area contributed by atoms with E-state index in [1.54, 1.807) is 0 Å². The van der Waals surface area contributed by atoms with Crippen molar-refractivity contribution in [1.29, 1.82) is 0 Å². The van der Waals surface area contributed by atoms with E-state index in [9.17, 15) is 4.79 Å². The molecular weight excluding hydrogens is 214 g/mol. The Balaban J connectivity index is 2.51. The summed E-state index contributed by atoms with van der Waals surface area (Å²) >= 11 is 0. The van der Waals surface area contributed by atoms with Crippen LogP contribution in [0.3, 0.4) is 0 Å². The van der Waals surface area contributed by atoms with E-state index in [-0.39, 0.29) is 5.91 Å². The third-order valence-electron chi connectivity index (χ3n) is 3.76. The Bertz CT molecular complexity index is 265. The summed E-state index contributed by atoms with van der Waals surface area (Å²) in [5.41, 5.74) is 5.37. The first-order valence-corrected chi connectivity index (χ1v) is 6.63. The Hall–Kier alpha value is -0.610. The van der Waals surface area contributed by atoms with Gasteiger partial charge in [-0.25, -0.2) is 0 Å². The number of hydrogen-bond donors (Lipinski definition) is 1. The molecule has 0 aliphatic carbocycles. The number of hydrogen-bond acceptors (Lipinski definition) is 3. The molecule has 2 N–H and O–H groups in total. The first-order chi connectivity index (χ1) is 7.88. The van der Waals surface area contributed by atoms with Gasteiger partial charge in [0.05, 0.1) is 5.54 Å². The molecule has 0 saturated carbocycles. The number of likely N-dealkylation sites (N-methyl/N-ethyl adjacent to an activating group) is 2. The van der Waals surface area contributed by atoms with Crippen LogP contribution >= 0.6 is 0 Å². The van der Waals surface area contributed by atoms with Gasteiger partial charge < -0.3 is 15.5 Å². The minimum Gasteiger partial charge on any atom is -0.343 e. The van der Waals surface area contributed by atoms with Gasteiger partial charge in [0.15, 0.2) is 0 Å². The number of carbonyl (C=O) groups is 1. The summed E-state index contributed by atoms with van der Waals surface area (Å²) in [6.45, 7) is 5.84. The van der Waals surface area contributed by atoms with Gasteiger partial charge >= 0.3 is 0 Å². The molecule has 4 heteroatoms. The van der Waals surface area contributed by atoms with Crippen molar-refractivity contribution in [3.8, 4) is 0 Å². The SMILES string of the molecule is CCCC(C)(N)C(=O)N(C)CC1CCCN1C. The van der Waals surface area contributed by atoms with Crippen molar-refractivity contribution in [3.63, 3.8) is 0 Å². The largest absolute Gasteiger partial charge is 0.343 e. The molecule has 0 bridgehead atoms. The number of nitrogens with two attached hydrogens (primary N) is 1. The van der Waals surface area contributed by atoms with E-state index in [4.69, 9.17) is 5.73 Å². The highest BCUT2D eigenvalue weighted by atomic mass is 16.2. The van der Waals surface area contributed by atoms with Crippen molar-refractivity contribution in [1.82, 2.24) is 9.80 Å². The first kappa shape index (κ1) is 14.5. The topological polar surface area (TPSA) is 49.6 Å². The Labute approximate surface area is 105 Å². The van der Waals surface area contributed by atoms with Crippen molar-refractivity contribution < 1.29 is 4.79 Å². The highest BCUT2D eigenvalue weighted by molar-refractivity contribution is 5.85. The van der Waals surface area contributed by atoms with Gasteiger partial charge in [-0.1, -0.05) is 13.3 Å². The van der Waals surface area contributed by atoms with Crippen molar-refractivity contribution in [2.75, 3.05) is 27.2 Å². The van der Waals surface area contributed by atoms with E-state index in [1.165, 1.54) is 12.8 Å². The average Bonchev–Trinajstić information content (AvgIpc) is 2.63. The van der Waals surface area contributed by atoms with Crippen molar-refractivity contribution in [2.24, 2.45) is 5.73 Å². The molecule has 2 atom stereocenters. The van der Waals surface area contributed by atoms with E-state index < -0.39 is 5.54 Å². The second kappa shape index (κ2) is 5.83. The van der Waals surface area contributed by atoms with Gasteiger partial charge in [0.25, 0.3) is 0 Å². The van der Waals surface area contributed by atoms with E-state index in [1.807, 2.05) is 18.9 Å². The zero-order valence-corrected chi connectivity index (χ0v) is 11.7. The van der Waals surface area contributed by atoms with Crippen LogP contribution < -0.4 is 5.73 Å². The molecule has 100 valence electrons. The average molecular weight is 241 g/mol. The van der Waals surface area contributed by atoms with Crippen molar-refractivity contribution >= 4 is 5.91 Å². The van der Waals surface area contributed by atoms with Gasteiger partial charge in [0.2, 0.25) is 5.91 Å². The molecule has 1 saturated heterocycles. The molecule has 0 aromatic heterocycles. The molecule has 1 amide bonds. The second-order valence-corrected chi connectivity index (χ2v) is 5.63. The predicted molar refractivity (Wildman–Crippen MR) is 70.8 cm³/mol. The lowest BCUT2D eigenvalue weighted by atomic mass is 9.95. The maximum Gasteiger partial charge on any atom is 0.242 e. The molecule has 0 aromatic rings. The van der Waals surface area contributed by atoms with Crippen LogP contribution in [-0.2, 0) is 4.79 Å². The van der Waals surface area contributed by atoms with Crippen LogP contribution in [-0.4, -0.2) is 54.5 Å². The summed E-state index contributed by atoms with van der Waals surface area (Å²) in [6.07, 6.45) is 4.10. The number of nitrogens with zero attached hydrogens (tertiary/aromatic N) is 2. The smallest absolute Gasteiger partial charge is 0.242 e. The van der Waals surface area contributed by atoms with Gasteiger partial charge in [0, 0.05) is 19.6 Å². The molecule has 1 aliphatic heterocycles. The van der Waals surface area contributed by atoms with Crippen LogP contribution in [0.4, 0.5) is 0 Å². The molecule has 17 heavy (non-hydrogen) atoms. The molecular formula is C13H27N3O. The number of carbonyl (C=O) groups excluding carboxylic acids is 1. The Kier molecular flexibility index (Phi) is 4.95. The van der Waals surface area contributed by atoms with E-state index in [0.29, 0.717) is 6.04 Å². The maximum atomic E-state index is 12.2. The minimum atomic E-state index is -0.708. The third-order valence-corrected chi connectivity index (χ3v) is 3.76. The monoisotopic (exact) mass is 241 g/mol. The summed E-state index contributed by atoms with van der Waals surface area (Å²) in [6, 6.07) is 0.501. The van der Waals surface area contributed by atoms with Crippen molar-refractivity contribution in [2.45, 2.75) is 51.1 Å². The Morgan fingerprint density at radius 3 is 2.71 bits per heavy atom.